The van der Waals surface area contributed by atoms with Gasteiger partial charge in [0.25, 0.3) is 5.91 Å². The molecule has 0 aliphatic carbocycles. The highest BCUT2D eigenvalue weighted by molar-refractivity contribution is 7.99. The van der Waals surface area contributed by atoms with Crippen molar-refractivity contribution in [2.75, 3.05) is 35.5 Å². The van der Waals surface area contributed by atoms with Gasteiger partial charge in [0, 0.05) is 43.7 Å². The van der Waals surface area contributed by atoms with Crippen molar-refractivity contribution in [2.24, 2.45) is 16.5 Å². The number of nitrogens with two attached hydrogens (primary N) is 2. The van der Waals surface area contributed by atoms with Gasteiger partial charge in [-0.2, -0.15) is 5.10 Å². The van der Waals surface area contributed by atoms with Crippen LogP contribution in [-0.4, -0.2) is 63.3 Å². The zero-order valence-electron chi connectivity index (χ0n) is 21.6. The third kappa shape index (κ3) is 5.18. The SMILES string of the molecule is CSNc1ccc(C)cc1C(=O)N1CCCCC1c1cc2nc(N3CCC(N=C(N)N)C3)c(C)cn2n1. The first-order valence-electron chi connectivity index (χ1n) is 12.7. The Morgan fingerprint density at radius 3 is 2.78 bits per heavy atom. The number of rotatable bonds is 6. The largest absolute Gasteiger partial charge is 0.370 e. The standard InChI is InChI=1S/C26H35N9OS/c1-16-7-8-20(32-37-3)19(12-16)25(36)34-10-5-4-6-22(34)21-13-23-30-24(17(2)14-35(23)31-21)33-11-9-18(15-33)29-26(27)28/h7-8,12-14,18,22,32H,4-6,9-11,15H2,1-3H3,(H4,27,28,29). The van der Waals surface area contributed by atoms with E-state index in [1.54, 1.807) is 0 Å². The van der Waals surface area contributed by atoms with Crippen molar-refractivity contribution in [1.82, 2.24) is 19.5 Å². The number of hydrogen-bond acceptors (Lipinski definition) is 7. The van der Waals surface area contributed by atoms with Crippen molar-refractivity contribution < 1.29 is 4.79 Å². The fraction of sp³-hybridized carbons (Fsp3) is 0.462. The van der Waals surface area contributed by atoms with Crippen molar-refractivity contribution in [3.8, 4) is 0 Å². The molecule has 2 aliphatic heterocycles. The summed E-state index contributed by atoms with van der Waals surface area (Å²) in [6.07, 6.45) is 7.79. The van der Waals surface area contributed by atoms with Gasteiger partial charge < -0.3 is 26.0 Å². The minimum absolute atomic E-state index is 0.0367. The summed E-state index contributed by atoms with van der Waals surface area (Å²) in [6, 6.07) is 7.99. The molecule has 5 rings (SSSR count). The number of piperidine rings is 1. The number of nitrogens with zero attached hydrogens (tertiary/aromatic N) is 6. The van der Waals surface area contributed by atoms with Crippen LogP contribution < -0.4 is 21.1 Å². The van der Waals surface area contributed by atoms with Gasteiger partial charge in [-0.05, 0) is 51.7 Å². The second-order valence-corrected chi connectivity index (χ2v) is 10.5. The number of anilines is 2. The number of carbonyl (C=O) groups is 1. The third-order valence-corrected chi connectivity index (χ3v) is 7.57. The van der Waals surface area contributed by atoms with E-state index in [4.69, 9.17) is 21.5 Å². The monoisotopic (exact) mass is 521 g/mol. The molecule has 0 saturated carbocycles. The van der Waals surface area contributed by atoms with E-state index in [0.29, 0.717) is 12.1 Å². The van der Waals surface area contributed by atoms with Gasteiger partial charge in [-0.25, -0.2) is 14.5 Å². The van der Waals surface area contributed by atoms with Crippen LogP contribution in [0.15, 0.2) is 35.5 Å². The van der Waals surface area contributed by atoms with Gasteiger partial charge in [0.05, 0.1) is 29.0 Å². The number of aryl methyl sites for hydroxylation is 2. The molecule has 1 amide bonds. The van der Waals surface area contributed by atoms with Gasteiger partial charge in [0.15, 0.2) is 11.6 Å². The molecule has 0 radical (unpaired) electrons. The lowest BCUT2D eigenvalue weighted by Crippen LogP contribution is -2.39. The Kier molecular flexibility index (Phi) is 7.14. The van der Waals surface area contributed by atoms with Crippen LogP contribution in [0.1, 0.15) is 58.9 Å². The molecule has 2 aromatic heterocycles. The zero-order valence-corrected chi connectivity index (χ0v) is 22.5. The van der Waals surface area contributed by atoms with E-state index in [-0.39, 0.29) is 24.0 Å². The topological polar surface area (TPSA) is 130 Å². The highest BCUT2D eigenvalue weighted by Crippen LogP contribution is 2.34. The summed E-state index contributed by atoms with van der Waals surface area (Å²) in [4.78, 5) is 27.3. The molecule has 2 atom stereocenters. The summed E-state index contributed by atoms with van der Waals surface area (Å²) >= 11 is 1.49. The summed E-state index contributed by atoms with van der Waals surface area (Å²) in [5.41, 5.74) is 16.5. The van der Waals surface area contributed by atoms with Gasteiger partial charge >= 0.3 is 0 Å². The summed E-state index contributed by atoms with van der Waals surface area (Å²) < 4.78 is 5.10. The average molecular weight is 522 g/mol. The van der Waals surface area contributed by atoms with Crippen molar-refractivity contribution in [3.63, 3.8) is 0 Å². The molecule has 1 aromatic carbocycles. The molecule has 4 heterocycles. The van der Waals surface area contributed by atoms with Crippen molar-refractivity contribution >= 4 is 41.0 Å². The first-order chi connectivity index (χ1) is 17.8. The second kappa shape index (κ2) is 10.5. The fourth-order valence-electron chi connectivity index (χ4n) is 5.42. The molecule has 2 fully saturated rings. The maximum atomic E-state index is 13.8. The number of amides is 1. The molecule has 2 saturated heterocycles. The molecule has 11 heteroatoms. The lowest BCUT2D eigenvalue weighted by atomic mass is 9.97. The smallest absolute Gasteiger partial charge is 0.256 e. The van der Waals surface area contributed by atoms with E-state index in [0.717, 1.165) is 72.7 Å². The number of aliphatic imine (C=N–C) groups is 1. The lowest BCUT2D eigenvalue weighted by molar-refractivity contribution is 0.0606. The third-order valence-electron chi connectivity index (χ3n) is 7.14. The molecule has 10 nitrogen and oxygen atoms in total. The minimum atomic E-state index is -0.0904. The molecule has 37 heavy (non-hydrogen) atoms. The Balaban J connectivity index is 1.44. The number of hydrogen-bond donors (Lipinski definition) is 3. The molecule has 3 aromatic rings. The predicted octanol–water partition coefficient (Wildman–Crippen LogP) is 3.26. The van der Waals surface area contributed by atoms with Crippen LogP contribution in [0.3, 0.4) is 0 Å². The number of carbonyl (C=O) groups excluding carboxylic acids is 1. The predicted molar refractivity (Wildman–Crippen MR) is 150 cm³/mol. The van der Waals surface area contributed by atoms with Crippen LogP contribution in [0.5, 0.6) is 0 Å². The molecule has 2 unspecified atom stereocenters. The summed E-state index contributed by atoms with van der Waals surface area (Å²) in [7, 11) is 0. The minimum Gasteiger partial charge on any atom is -0.370 e. The summed E-state index contributed by atoms with van der Waals surface area (Å²) in [6.45, 7) is 6.35. The highest BCUT2D eigenvalue weighted by Gasteiger charge is 2.32. The first-order valence-corrected chi connectivity index (χ1v) is 14.0. The van der Waals surface area contributed by atoms with Gasteiger partial charge in [-0.15, -0.1) is 0 Å². The second-order valence-electron chi connectivity index (χ2n) is 9.93. The van der Waals surface area contributed by atoms with Crippen molar-refractivity contribution in [1.29, 1.82) is 0 Å². The Hall–Kier alpha value is -3.47. The lowest BCUT2D eigenvalue weighted by Gasteiger charge is -2.35. The molecule has 0 spiro atoms. The Bertz CT molecular complexity index is 1330. The van der Waals surface area contributed by atoms with E-state index >= 15 is 0 Å². The van der Waals surface area contributed by atoms with E-state index in [9.17, 15) is 4.79 Å². The van der Waals surface area contributed by atoms with Crippen LogP contribution in [0, 0.1) is 13.8 Å². The van der Waals surface area contributed by atoms with Crippen molar-refractivity contribution in [2.45, 2.75) is 51.6 Å². The van der Waals surface area contributed by atoms with Gasteiger partial charge in [0.2, 0.25) is 0 Å². The normalized spacial score (nSPS) is 19.9. The molecule has 5 N–H and O–H groups in total. The molecular weight excluding hydrogens is 486 g/mol. The van der Waals surface area contributed by atoms with E-state index in [1.165, 1.54) is 11.9 Å². The van der Waals surface area contributed by atoms with Crippen LogP contribution in [0.2, 0.25) is 0 Å². The number of benzene rings is 1. The number of fused-ring (bicyclic) bond motifs is 1. The van der Waals surface area contributed by atoms with Crippen LogP contribution in [0.25, 0.3) is 5.65 Å². The zero-order chi connectivity index (χ0) is 26.1. The van der Waals surface area contributed by atoms with E-state index in [2.05, 4.69) is 14.6 Å². The van der Waals surface area contributed by atoms with Gasteiger partial charge in [-0.3, -0.25) is 4.79 Å². The van der Waals surface area contributed by atoms with Gasteiger partial charge in [-0.1, -0.05) is 23.6 Å². The number of likely N-dealkylation sites (tertiary alicyclic amines) is 1. The van der Waals surface area contributed by atoms with Gasteiger partial charge in [0.1, 0.15) is 5.82 Å². The Labute approximate surface area is 221 Å². The van der Waals surface area contributed by atoms with E-state index in [1.807, 2.05) is 60.0 Å². The Morgan fingerprint density at radius 1 is 1.16 bits per heavy atom. The van der Waals surface area contributed by atoms with E-state index < -0.39 is 0 Å². The number of aromatic nitrogens is 3. The van der Waals surface area contributed by atoms with Crippen LogP contribution in [-0.2, 0) is 0 Å². The number of guanidine groups is 1. The van der Waals surface area contributed by atoms with Crippen LogP contribution in [0.4, 0.5) is 11.5 Å². The van der Waals surface area contributed by atoms with Crippen LogP contribution >= 0.6 is 11.9 Å². The molecular formula is C26H35N9OS. The fourth-order valence-corrected chi connectivity index (χ4v) is 5.82. The maximum Gasteiger partial charge on any atom is 0.256 e. The first kappa shape index (κ1) is 25.2. The van der Waals surface area contributed by atoms with Crippen molar-refractivity contribution in [3.05, 3.63) is 52.8 Å². The molecule has 0 bridgehead atoms. The summed E-state index contributed by atoms with van der Waals surface area (Å²) in [5, 5.41) is 4.89. The molecule has 2 aliphatic rings. The summed E-state index contributed by atoms with van der Waals surface area (Å²) in [5.74, 6) is 1.09. The Morgan fingerprint density at radius 2 is 2.00 bits per heavy atom. The quantitative estimate of drug-likeness (QED) is 0.256. The highest BCUT2D eigenvalue weighted by atomic mass is 32.2. The molecule has 196 valence electrons. The number of nitrogens with one attached hydrogen (secondary N) is 1. The average Bonchev–Trinajstić information content (AvgIpc) is 3.50. The maximum absolute atomic E-state index is 13.8.